The van der Waals surface area contributed by atoms with Crippen LogP contribution in [-0.2, 0) is 19.1 Å². The molecule has 0 aromatic heterocycles. The lowest BCUT2D eigenvalue weighted by atomic mass is 9.97. The Bertz CT molecular complexity index is 1120. The van der Waals surface area contributed by atoms with Crippen LogP contribution in [0.4, 0.5) is 11.4 Å². The number of rotatable bonds is 5. The number of amides is 2. The molecular weight excluding hydrogens is 422 g/mol. The second kappa shape index (κ2) is 8.03. The van der Waals surface area contributed by atoms with Crippen molar-refractivity contribution in [1.82, 2.24) is 0 Å². The normalized spacial score (nSPS) is 20.1. The maximum atomic E-state index is 13.5. The predicted octanol–water partition coefficient (Wildman–Crippen LogP) is 2.95. The number of anilines is 2. The zero-order valence-electron chi connectivity index (χ0n) is 17.2. The van der Waals surface area contributed by atoms with Crippen molar-refractivity contribution >= 4 is 46.5 Å². The molecule has 2 aromatic carbocycles. The molecule has 8 nitrogen and oxygen atoms in total. The van der Waals surface area contributed by atoms with Crippen molar-refractivity contribution in [2.75, 3.05) is 23.6 Å². The number of ether oxygens (including phenoxy) is 2. The number of fused-ring (bicyclic) bond motifs is 1. The number of imide groups is 1. The molecule has 160 valence electrons. The lowest BCUT2D eigenvalue weighted by Gasteiger charge is -2.23. The third kappa shape index (κ3) is 3.33. The summed E-state index contributed by atoms with van der Waals surface area (Å²) in [6.07, 6.45) is 0. The van der Waals surface area contributed by atoms with Gasteiger partial charge in [0.2, 0.25) is 5.91 Å². The molecule has 0 saturated carbocycles. The second-order valence-electron chi connectivity index (χ2n) is 7.07. The first kappa shape index (κ1) is 20.9. The van der Waals surface area contributed by atoms with Crippen molar-refractivity contribution in [3.05, 3.63) is 53.1 Å². The van der Waals surface area contributed by atoms with E-state index >= 15 is 0 Å². The molecule has 1 fully saturated rings. The smallest absolute Gasteiger partial charge is 0.355 e. The van der Waals surface area contributed by atoms with Crippen LogP contribution in [0.1, 0.15) is 12.5 Å². The Morgan fingerprint density at radius 3 is 2.61 bits per heavy atom. The van der Waals surface area contributed by atoms with Crippen molar-refractivity contribution in [3.63, 3.8) is 0 Å². The van der Waals surface area contributed by atoms with Crippen molar-refractivity contribution < 1.29 is 23.9 Å². The van der Waals surface area contributed by atoms with Crippen LogP contribution in [0.25, 0.3) is 0 Å². The molecule has 2 atom stereocenters. The number of methoxy groups -OCH3 is 1. The number of halogens is 1. The summed E-state index contributed by atoms with van der Waals surface area (Å²) in [7, 11) is 1.52. The molecule has 2 heterocycles. The summed E-state index contributed by atoms with van der Waals surface area (Å²) in [5.74, 6) is -2.30. The topological polar surface area (TPSA) is 88.5 Å². The Hall–Kier alpha value is -3.39. The summed E-state index contributed by atoms with van der Waals surface area (Å²) in [5, 5.41) is 6.15. The Kier molecular flexibility index (Phi) is 5.41. The number of carbonyl (C=O) groups excluding carboxylic acids is 3. The van der Waals surface area contributed by atoms with Gasteiger partial charge >= 0.3 is 5.97 Å². The fraction of sp³-hybridized carbons (Fsp3) is 0.273. The predicted molar refractivity (Wildman–Crippen MR) is 116 cm³/mol. The average molecular weight is 442 g/mol. The van der Waals surface area contributed by atoms with E-state index in [1.807, 2.05) is 0 Å². The van der Waals surface area contributed by atoms with Gasteiger partial charge in [-0.2, -0.15) is 5.10 Å². The first-order chi connectivity index (χ1) is 14.9. The van der Waals surface area contributed by atoms with E-state index in [0.29, 0.717) is 27.7 Å². The van der Waals surface area contributed by atoms with E-state index in [1.165, 1.54) is 12.1 Å². The Balaban J connectivity index is 1.82. The molecule has 4 rings (SSSR count). The highest BCUT2D eigenvalue weighted by Crippen LogP contribution is 2.40. The van der Waals surface area contributed by atoms with Crippen LogP contribution in [0.2, 0.25) is 5.02 Å². The monoisotopic (exact) mass is 441 g/mol. The van der Waals surface area contributed by atoms with E-state index in [2.05, 4.69) is 5.10 Å². The van der Waals surface area contributed by atoms with Crippen LogP contribution in [-0.4, -0.2) is 43.3 Å². The number of benzene rings is 2. The quantitative estimate of drug-likeness (QED) is 0.523. The number of hydrazone groups is 1. The minimum Gasteiger partial charge on any atom is -0.497 e. The number of hydrogen-bond donors (Lipinski definition) is 0. The van der Waals surface area contributed by atoms with Crippen molar-refractivity contribution in [2.24, 2.45) is 11.0 Å². The maximum Gasteiger partial charge on any atom is 0.355 e. The van der Waals surface area contributed by atoms with E-state index in [1.54, 1.807) is 56.3 Å². The van der Waals surface area contributed by atoms with Crippen LogP contribution in [0.5, 0.6) is 5.75 Å². The SMILES string of the molecule is CCOC(=O)C1=NN(c2cccc(OC)c2)C2C(=O)N(c3cccc(Cl)c3C)C(=O)C12. The summed E-state index contributed by atoms with van der Waals surface area (Å²) < 4.78 is 10.4. The maximum absolute atomic E-state index is 13.5. The first-order valence-corrected chi connectivity index (χ1v) is 10.1. The third-order valence-electron chi connectivity index (χ3n) is 5.33. The van der Waals surface area contributed by atoms with Crippen molar-refractivity contribution in [2.45, 2.75) is 19.9 Å². The van der Waals surface area contributed by atoms with Crippen LogP contribution in [0.15, 0.2) is 47.6 Å². The largest absolute Gasteiger partial charge is 0.497 e. The van der Waals surface area contributed by atoms with Gasteiger partial charge in [0.15, 0.2) is 5.71 Å². The molecule has 2 aliphatic heterocycles. The van der Waals surface area contributed by atoms with Crippen LogP contribution >= 0.6 is 11.6 Å². The van der Waals surface area contributed by atoms with Crippen LogP contribution in [0.3, 0.4) is 0 Å². The minimum atomic E-state index is -1.09. The highest BCUT2D eigenvalue weighted by Gasteiger charge is 2.59. The van der Waals surface area contributed by atoms with E-state index in [4.69, 9.17) is 21.1 Å². The molecular formula is C22H20ClN3O5. The molecule has 0 radical (unpaired) electrons. The summed E-state index contributed by atoms with van der Waals surface area (Å²) in [4.78, 5) is 40.6. The van der Waals surface area contributed by atoms with Gasteiger partial charge in [0.05, 0.1) is 25.1 Å². The Morgan fingerprint density at radius 2 is 1.90 bits per heavy atom. The summed E-state index contributed by atoms with van der Waals surface area (Å²) >= 11 is 6.22. The molecule has 9 heteroatoms. The van der Waals surface area contributed by atoms with Gasteiger partial charge in [0, 0.05) is 11.1 Å². The summed E-state index contributed by atoms with van der Waals surface area (Å²) in [6, 6.07) is 10.9. The standard InChI is InChI=1S/C22H20ClN3O5/c1-4-31-22(29)18-17-19(26(24-18)13-7-5-8-14(11-13)30-3)21(28)25(20(17)27)16-10-6-9-15(23)12(16)2/h5-11,17,19H,4H2,1-3H3. The summed E-state index contributed by atoms with van der Waals surface area (Å²) in [6.45, 7) is 3.51. The molecule has 2 amide bonds. The zero-order chi connectivity index (χ0) is 22.3. The highest BCUT2D eigenvalue weighted by atomic mass is 35.5. The molecule has 0 spiro atoms. The summed E-state index contributed by atoms with van der Waals surface area (Å²) in [5.41, 5.74) is 1.38. The highest BCUT2D eigenvalue weighted by molar-refractivity contribution is 6.47. The molecule has 2 aromatic rings. The number of carbonyl (C=O) groups is 3. The molecule has 1 saturated heterocycles. The minimum absolute atomic E-state index is 0.102. The number of esters is 1. The van der Waals surface area contributed by atoms with E-state index < -0.39 is 29.7 Å². The fourth-order valence-corrected chi connectivity index (χ4v) is 4.00. The molecule has 0 bridgehead atoms. The van der Waals surface area contributed by atoms with Gasteiger partial charge < -0.3 is 9.47 Å². The van der Waals surface area contributed by atoms with Gasteiger partial charge in [-0.25, -0.2) is 9.69 Å². The molecule has 31 heavy (non-hydrogen) atoms. The first-order valence-electron chi connectivity index (χ1n) is 9.70. The van der Waals surface area contributed by atoms with Crippen molar-refractivity contribution in [1.29, 1.82) is 0 Å². The molecule has 0 aliphatic carbocycles. The van der Waals surface area contributed by atoms with Gasteiger partial charge in [0.1, 0.15) is 17.7 Å². The lowest BCUT2D eigenvalue weighted by Crippen LogP contribution is -2.39. The Morgan fingerprint density at radius 1 is 1.16 bits per heavy atom. The number of nitrogens with zero attached hydrogens (tertiary/aromatic N) is 3. The fourth-order valence-electron chi connectivity index (χ4n) is 3.83. The number of hydrogen-bond acceptors (Lipinski definition) is 7. The lowest BCUT2D eigenvalue weighted by molar-refractivity contribution is -0.136. The van der Waals surface area contributed by atoms with Gasteiger partial charge in [0.25, 0.3) is 5.91 Å². The second-order valence-corrected chi connectivity index (χ2v) is 7.48. The van der Waals surface area contributed by atoms with Crippen LogP contribution in [0, 0.1) is 12.8 Å². The molecule has 0 N–H and O–H groups in total. The van der Waals surface area contributed by atoms with Gasteiger partial charge in [-0.3, -0.25) is 14.6 Å². The Labute approximate surface area is 184 Å². The van der Waals surface area contributed by atoms with Gasteiger partial charge in [-0.05, 0) is 43.7 Å². The van der Waals surface area contributed by atoms with E-state index in [9.17, 15) is 14.4 Å². The van der Waals surface area contributed by atoms with E-state index in [0.717, 1.165) is 4.90 Å². The van der Waals surface area contributed by atoms with Crippen LogP contribution < -0.4 is 14.6 Å². The molecule has 2 aliphatic rings. The third-order valence-corrected chi connectivity index (χ3v) is 5.74. The average Bonchev–Trinajstić information content (AvgIpc) is 3.28. The molecule has 2 unspecified atom stereocenters. The van der Waals surface area contributed by atoms with Gasteiger partial charge in [-0.15, -0.1) is 0 Å². The van der Waals surface area contributed by atoms with Gasteiger partial charge in [-0.1, -0.05) is 23.7 Å². The van der Waals surface area contributed by atoms with Crippen molar-refractivity contribution in [3.8, 4) is 5.75 Å². The van der Waals surface area contributed by atoms with E-state index in [-0.39, 0.29) is 12.3 Å². The zero-order valence-corrected chi connectivity index (χ0v) is 17.9.